The van der Waals surface area contributed by atoms with E-state index in [0.29, 0.717) is 25.1 Å². The minimum Gasteiger partial charge on any atom is -0.496 e. The van der Waals surface area contributed by atoms with Crippen LogP contribution in [0.4, 0.5) is 10.5 Å². The van der Waals surface area contributed by atoms with Gasteiger partial charge in [0.05, 0.1) is 13.2 Å². The Morgan fingerprint density at radius 1 is 1.21 bits per heavy atom. The van der Waals surface area contributed by atoms with Crippen LogP contribution in [-0.4, -0.2) is 30.9 Å². The number of aliphatic hydroxyl groups excluding tert-OH is 1. The lowest BCUT2D eigenvalue weighted by Crippen LogP contribution is -2.31. The van der Waals surface area contributed by atoms with Gasteiger partial charge in [-0.15, -0.1) is 0 Å². The number of hydrogen-bond acceptors (Lipinski definition) is 3. The summed E-state index contributed by atoms with van der Waals surface area (Å²) in [5.41, 5.74) is 2.63. The molecule has 0 fully saturated rings. The van der Waals surface area contributed by atoms with E-state index >= 15 is 0 Å². The smallest absolute Gasteiger partial charge is 0.319 e. The molecule has 2 aromatic rings. The average molecular weight is 328 g/mol. The van der Waals surface area contributed by atoms with Crippen LogP contribution in [0.5, 0.6) is 5.75 Å². The number of para-hydroxylation sites is 1. The summed E-state index contributed by atoms with van der Waals surface area (Å²) in [5, 5.41) is 15.0. The maximum absolute atomic E-state index is 11.9. The molecular formula is C19H24N2O3. The first-order valence-corrected chi connectivity index (χ1v) is 8.10. The van der Waals surface area contributed by atoms with Crippen molar-refractivity contribution in [3.63, 3.8) is 0 Å². The molecule has 3 N–H and O–H groups in total. The zero-order valence-electron chi connectivity index (χ0n) is 14.1. The lowest BCUT2D eigenvalue weighted by molar-refractivity contribution is 0.160. The lowest BCUT2D eigenvalue weighted by atomic mass is 10.0. The Morgan fingerprint density at radius 2 is 2.00 bits per heavy atom. The number of benzene rings is 2. The molecule has 1 unspecified atom stereocenters. The second kappa shape index (κ2) is 8.93. The zero-order chi connectivity index (χ0) is 17.4. The highest BCUT2D eigenvalue weighted by Crippen LogP contribution is 2.30. The van der Waals surface area contributed by atoms with Crippen molar-refractivity contribution in [2.45, 2.75) is 25.9 Å². The van der Waals surface area contributed by atoms with Crippen LogP contribution in [0.25, 0.3) is 11.1 Å². The molecule has 2 aromatic carbocycles. The van der Waals surface area contributed by atoms with E-state index in [1.54, 1.807) is 7.11 Å². The second-order valence-electron chi connectivity index (χ2n) is 5.51. The standard InChI is InChI=1S/C19H24N2O3/c1-3-16(22)11-12-20-19(23)21-15-8-6-7-14(13-15)17-9-4-5-10-18(17)24-2/h4-10,13,16,22H,3,11-12H2,1-2H3,(H2,20,21,23). The Bertz CT molecular complexity index is 673. The number of methoxy groups -OCH3 is 1. The van der Waals surface area contributed by atoms with Gasteiger partial charge in [0.25, 0.3) is 0 Å². The summed E-state index contributed by atoms with van der Waals surface area (Å²) in [6.45, 7) is 2.35. The van der Waals surface area contributed by atoms with Crippen LogP contribution in [-0.2, 0) is 0 Å². The van der Waals surface area contributed by atoms with Crippen LogP contribution >= 0.6 is 0 Å². The Balaban J connectivity index is 2.01. The Morgan fingerprint density at radius 3 is 2.75 bits per heavy atom. The molecule has 0 aliphatic rings. The molecule has 0 spiro atoms. The fraction of sp³-hybridized carbons (Fsp3) is 0.316. The maximum atomic E-state index is 11.9. The third-order valence-electron chi connectivity index (χ3n) is 3.77. The number of carbonyl (C=O) groups excluding carboxylic acids is 1. The number of hydrogen-bond donors (Lipinski definition) is 3. The van der Waals surface area contributed by atoms with Crippen LogP contribution in [0.3, 0.4) is 0 Å². The SMILES string of the molecule is CCC(O)CCNC(=O)Nc1cccc(-c2ccccc2OC)c1. The molecule has 0 aromatic heterocycles. The molecule has 0 saturated heterocycles. The third kappa shape index (κ3) is 4.99. The highest BCUT2D eigenvalue weighted by atomic mass is 16.5. The molecule has 0 aliphatic carbocycles. The summed E-state index contributed by atoms with van der Waals surface area (Å²) in [6, 6.07) is 15.1. The zero-order valence-corrected chi connectivity index (χ0v) is 14.1. The van der Waals surface area contributed by atoms with Gasteiger partial charge in [-0.2, -0.15) is 0 Å². The summed E-state index contributed by atoms with van der Waals surface area (Å²) in [5.74, 6) is 0.785. The normalized spacial score (nSPS) is 11.6. The molecule has 1 atom stereocenters. The van der Waals surface area contributed by atoms with Gasteiger partial charge in [-0.05, 0) is 36.6 Å². The minimum absolute atomic E-state index is 0.282. The van der Waals surface area contributed by atoms with Crippen molar-refractivity contribution in [1.82, 2.24) is 5.32 Å². The molecule has 0 radical (unpaired) electrons. The molecule has 128 valence electrons. The van der Waals surface area contributed by atoms with Crippen LogP contribution in [0.2, 0.25) is 0 Å². The summed E-state index contributed by atoms with van der Waals surface area (Å²) in [6.07, 6.45) is 0.856. The lowest BCUT2D eigenvalue weighted by Gasteiger charge is -2.12. The van der Waals surface area contributed by atoms with Crippen molar-refractivity contribution >= 4 is 11.7 Å². The number of ether oxygens (including phenoxy) is 1. The van der Waals surface area contributed by atoms with Crippen molar-refractivity contribution in [2.24, 2.45) is 0 Å². The molecule has 24 heavy (non-hydrogen) atoms. The Hall–Kier alpha value is -2.53. The molecule has 2 rings (SSSR count). The molecular weight excluding hydrogens is 304 g/mol. The van der Waals surface area contributed by atoms with Gasteiger partial charge < -0.3 is 20.5 Å². The first kappa shape index (κ1) is 17.8. The van der Waals surface area contributed by atoms with E-state index in [1.807, 2.05) is 55.5 Å². The van der Waals surface area contributed by atoms with E-state index < -0.39 is 0 Å². The number of carbonyl (C=O) groups is 1. The van der Waals surface area contributed by atoms with Crippen molar-refractivity contribution in [1.29, 1.82) is 0 Å². The van der Waals surface area contributed by atoms with Crippen molar-refractivity contribution in [3.8, 4) is 16.9 Å². The molecule has 0 saturated carbocycles. The van der Waals surface area contributed by atoms with Crippen molar-refractivity contribution in [2.75, 3.05) is 19.0 Å². The van der Waals surface area contributed by atoms with E-state index in [1.165, 1.54) is 0 Å². The Kier molecular flexibility index (Phi) is 6.63. The summed E-state index contributed by atoms with van der Waals surface area (Å²) < 4.78 is 5.38. The highest BCUT2D eigenvalue weighted by Gasteiger charge is 2.07. The van der Waals surface area contributed by atoms with Gasteiger partial charge in [-0.25, -0.2) is 4.79 Å². The van der Waals surface area contributed by atoms with Gasteiger partial charge in [0.15, 0.2) is 0 Å². The fourth-order valence-electron chi connectivity index (χ4n) is 2.38. The summed E-state index contributed by atoms with van der Waals surface area (Å²) in [4.78, 5) is 11.9. The molecule has 0 heterocycles. The van der Waals surface area contributed by atoms with Gasteiger partial charge >= 0.3 is 6.03 Å². The van der Waals surface area contributed by atoms with Gasteiger partial charge in [0.2, 0.25) is 0 Å². The number of anilines is 1. The van der Waals surface area contributed by atoms with E-state index in [9.17, 15) is 9.90 Å². The van der Waals surface area contributed by atoms with Gasteiger partial charge in [-0.1, -0.05) is 37.3 Å². The average Bonchev–Trinajstić information content (AvgIpc) is 2.61. The van der Waals surface area contributed by atoms with Crippen LogP contribution < -0.4 is 15.4 Å². The third-order valence-corrected chi connectivity index (χ3v) is 3.77. The van der Waals surface area contributed by atoms with E-state index in [-0.39, 0.29) is 12.1 Å². The van der Waals surface area contributed by atoms with Crippen LogP contribution in [0, 0.1) is 0 Å². The number of rotatable bonds is 7. The number of urea groups is 1. The van der Waals surface area contributed by atoms with Gasteiger partial charge in [0, 0.05) is 17.8 Å². The fourth-order valence-corrected chi connectivity index (χ4v) is 2.38. The summed E-state index contributed by atoms with van der Waals surface area (Å²) >= 11 is 0. The highest BCUT2D eigenvalue weighted by molar-refractivity contribution is 5.90. The largest absolute Gasteiger partial charge is 0.496 e. The van der Waals surface area contributed by atoms with E-state index in [2.05, 4.69) is 10.6 Å². The number of nitrogens with one attached hydrogen (secondary N) is 2. The monoisotopic (exact) mass is 328 g/mol. The summed E-state index contributed by atoms with van der Waals surface area (Å²) in [7, 11) is 1.64. The maximum Gasteiger partial charge on any atom is 0.319 e. The van der Waals surface area contributed by atoms with E-state index in [0.717, 1.165) is 16.9 Å². The molecule has 0 bridgehead atoms. The number of amides is 2. The second-order valence-corrected chi connectivity index (χ2v) is 5.51. The van der Waals surface area contributed by atoms with Gasteiger partial charge in [-0.3, -0.25) is 0 Å². The quantitative estimate of drug-likeness (QED) is 0.726. The predicted octanol–water partition coefficient (Wildman–Crippen LogP) is 3.64. The molecule has 5 nitrogen and oxygen atoms in total. The van der Waals surface area contributed by atoms with Crippen molar-refractivity contribution in [3.05, 3.63) is 48.5 Å². The molecule has 2 amide bonds. The molecule has 0 aliphatic heterocycles. The van der Waals surface area contributed by atoms with E-state index in [4.69, 9.17) is 4.74 Å². The first-order chi connectivity index (χ1) is 11.6. The predicted molar refractivity (Wildman–Crippen MR) is 96.4 cm³/mol. The van der Waals surface area contributed by atoms with Crippen LogP contribution in [0.15, 0.2) is 48.5 Å². The van der Waals surface area contributed by atoms with Crippen LogP contribution in [0.1, 0.15) is 19.8 Å². The van der Waals surface area contributed by atoms with Crippen molar-refractivity contribution < 1.29 is 14.6 Å². The molecule has 5 heteroatoms. The first-order valence-electron chi connectivity index (χ1n) is 8.10. The topological polar surface area (TPSA) is 70.6 Å². The minimum atomic E-state index is -0.376. The number of aliphatic hydroxyl groups is 1. The Labute approximate surface area is 142 Å². The van der Waals surface area contributed by atoms with Gasteiger partial charge in [0.1, 0.15) is 5.75 Å².